The minimum Gasteiger partial charge on any atom is -0.333 e. The molecule has 1 aromatic rings. The fourth-order valence-electron chi connectivity index (χ4n) is 3.71. The molecule has 2 heterocycles. The molecule has 2 atom stereocenters. The SMILES string of the molecule is CCSc1ccccc1C(=O)N1[C@H]2CC[C@H]1CC(SC)C2. The second-order valence-corrected chi connectivity index (χ2v) is 8.30. The molecule has 1 aromatic carbocycles. The molecule has 2 fully saturated rings. The summed E-state index contributed by atoms with van der Waals surface area (Å²) in [5.74, 6) is 1.27. The maximum atomic E-state index is 13.1. The van der Waals surface area contributed by atoms with Crippen LogP contribution in [0.15, 0.2) is 29.2 Å². The fraction of sp³-hybridized carbons (Fsp3) is 0.588. The summed E-state index contributed by atoms with van der Waals surface area (Å²) in [6.07, 6.45) is 6.93. The highest BCUT2D eigenvalue weighted by molar-refractivity contribution is 7.99. The minimum atomic E-state index is 0.263. The first-order valence-electron chi connectivity index (χ1n) is 7.81. The van der Waals surface area contributed by atoms with Crippen LogP contribution in [-0.2, 0) is 0 Å². The number of amides is 1. The molecule has 2 saturated heterocycles. The van der Waals surface area contributed by atoms with Gasteiger partial charge in [-0.05, 0) is 49.8 Å². The van der Waals surface area contributed by atoms with Crippen molar-refractivity contribution in [2.24, 2.45) is 0 Å². The van der Waals surface area contributed by atoms with E-state index in [2.05, 4.69) is 24.1 Å². The molecule has 2 bridgehead atoms. The number of hydrogen-bond donors (Lipinski definition) is 0. The molecule has 4 heteroatoms. The minimum absolute atomic E-state index is 0.263. The smallest absolute Gasteiger partial charge is 0.255 e. The fourth-order valence-corrected chi connectivity index (χ4v) is 5.34. The first-order valence-corrected chi connectivity index (χ1v) is 10.1. The number of rotatable bonds is 4. The number of benzene rings is 1. The van der Waals surface area contributed by atoms with Crippen LogP contribution in [0.1, 0.15) is 43.0 Å². The van der Waals surface area contributed by atoms with Crippen LogP contribution in [0, 0.1) is 0 Å². The maximum absolute atomic E-state index is 13.1. The second kappa shape index (κ2) is 6.66. The Morgan fingerprint density at radius 1 is 1.24 bits per heavy atom. The molecule has 0 N–H and O–H groups in total. The van der Waals surface area contributed by atoms with E-state index in [0.717, 1.165) is 21.5 Å². The highest BCUT2D eigenvalue weighted by Gasteiger charge is 2.43. The van der Waals surface area contributed by atoms with Gasteiger partial charge < -0.3 is 4.90 Å². The normalized spacial score (nSPS) is 27.9. The van der Waals surface area contributed by atoms with E-state index in [9.17, 15) is 4.79 Å². The van der Waals surface area contributed by atoms with Gasteiger partial charge in [0, 0.05) is 22.2 Å². The molecule has 21 heavy (non-hydrogen) atoms. The molecule has 0 unspecified atom stereocenters. The van der Waals surface area contributed by atoms with Crippen molar-refractivity contribution in [1.29, 1.82) is 0 Å². The number of fused-ring (bicyclic) bond motifs is 2. The maximum Gasteiger partial charge on any atom is 0.255 e. The Morgan fingerprint density at radius 3 is 2.52 bits per heavy atom. The molecule has 2 aliphatic rings. The van der Waals surface area contributed by atoms with Gasteiger partial charge in [0.1, 0.15) is 0 Å². The van der Waals surface area contributed by atoms with Crippen molar-refractivity contribution in [3.8, 4) is 0 Å². The summed E-state index contributed by atoms with van der Waals surface area (Å²) in [5.41, 5.74) is 0.906. The van der Waals surface area contributed by atoms with Crippen molar-refractivity contribution in [1.82, 2.24) is 4.90 Å². The first-order chi connectivity index (χ1) is 10.2. The Kier molecular flexibility index (Phi) is 4.85. The van der Waals surface area contributed by atoms with Gasteiger partial charge in [-0.15, -0.1) is 11.8 Å². The van der Waals surface area contributed by atoms with E-state index < -0.39 is 0 Å². The molecule has 0 radical (unpaired) electrons. The van der Waals surface area contributed by atoms with Crippen LogP contribution in [0.25, 0.3) is 0 Å². The van der Waals surface area contributed by atoms with Crippen molar-refractivity contribution in [3.05, 3.63) is 29.8 Å². The predicted octanol–water partition coefficient (Wildman–Crippen LogP) is 4.30. The highest BCUT2D eigenvalue weighted by Crippen LogP contribution is 2.41. The first kappa shape index (κ1) is 15.3. The number of carbonyl (C=O) groups excluding carboxylic acids is 1. The van der Waals surface area contributed by atoms with Crippen molar-refractivity contribution in [2.75, 3.05) is 12.0 Å². The Labute approximate surface area is 136 Å². The molecule has 1 amide bonds. The molecule has 0 aliphatic carbocycles. The Hall–Kier alpha value is -0.610. The average Bonchev–Trinajstić information content (AvgIpc) is 2.77. The van der Waals surface area contributed by atoms with Gasteiger partial charge in [-0.25, -0.2) is 0 Å². The van der Waals surface area contributed by atoms with Crippen molar-refractivity contribution in [3.63, 3.8) is 0 Å². The van der Waals surface area contributed by atoms with Crippen molar-refractivity contribution in [2.45, 2.75) is 54.8 Å². The third-order valence-electron chi connectivity index (χ3n) is 4.67. The summed E-state index contributed by atoms with van der Waals surface area (Å²) in [6.45, 7) is 2.14. The van der Waals surface area contributed by atoms with E-state index in [4.69, 9.17) is 0 Å². The topological polar surface area (TPSA) is 20.3 Å². The zero-order chi connectivity index (χ0) is 14.8. The van der Waals surface area contributed by atoms with E-state index in [1.54, 1.807) is 11.8 Å². The van der Waals surface area contributed by atoms with Crippen LogP contribution in [0.5, 0.6) is 0 Å². The molecular formula is C17H23NOS2. The lowest BCUT2D eigenvalue weighted by atomic mass is 10.0. The number of nitrogens with zero attached hydrogens (tertiary/aromatic N) is 1. The van der Waals surface area contributed by atoms with Crippen molar-refractivity contribution < 1.29 is 4.79 Å². The van der Waals surface area contributed by atoms with Gasteiger partial charge in [0.2, 0.25) is 0 Å². The molecule has 3 rings (SSSR count). The highest BCUT2D eigenvalue weighted by atomic mass is 32.2. The number of piperidine rings is 1. The van der Waals surface area contributed by atoms with Gasteiger partial charge in [-0.1, -0.05) is 19.1 Å². The van der Waals surface area contributed by atoms with E-state index in [-0.39, 0.29) is 5.91 Å². The van der Waals surface area contributed by atoms with Gasteiger partial charge in [0.05, 0.1) is 5.56 Å². The van der Waals surface area contributed by atoms with Crippen LogP contribution in [-0.4, -0.2) is 40.1 Å². The molecule has 2 aliphatic heterocycles. The molecule has 0 aromatic heterocycles. The van der Waals surface area contributed by atoms with Gasteiger partial charge in [0.15, 0.2) is 0 Å². The summed E-state index contributed by atoms with van der Waals surface area (Å²) < 4.78 is 0. The van der Waals surface area contributed by atoms with Crippen LogP contribution in [0.4, 0.5) is 0 Å². The van der Waals surface area contributed by atoms with Gasteiger partial charge >= 0.3 is 0 Å². The van der Waals surface area contributed by atoms with Crippen LogP contribution >= 0.6 is 23.5 Å². The van der Waals surface area contributed by atoms with Crippen LogP contribution in [0.2, 0.25) is 0 Å². The third-order valence-corrected chi connectivity index (χ3v) is 6.68. The van der Waals surface area contributed by atoms with Gasteiger partial charge in [-0.3, -0.25) is 4.79 Å². The lowest BCUT2D eigenvalue weighted by Gasteiger charge is -2.38. The van der Waals surface area contributed by atoms with Gasteiger partial charge in [0.25, 0.3) is 5.91 Å². The summed E-state index contributed by atoms with van der Waals surface area (Å²) in [4.78, 5) is 16.4. The molecule has 0 spiro atoms. The monoisotopic (exact) mass is 321 g/mol. The number of carbonyl (C=O) groups is 1. The molecular weight excluding hydrogens is 298 g/mol. The molecule has 0 saturated carbocycles. The van der Waals surface area contributed by atoms with Crippen LogP contribution in [0.3, 0.4) is 0 Å². The zero-order valence-corrected chi connectivity index (χ0v) is 14.4. The molecule has 2 nitrogen and oxygen atoms in total. The lowest BCUT2D eigenvalue weighted by Crippen LogP contribution is -2.47. The largest absolute Gasteiger partial charge is 0.333 e. The summed E-state index contributed by atoms with van der Waals surface area (Å²) in [6, 6.07) is 9.03. The van der Waals surface area contributed by atoms with E-state index in [0.29, 0.717) is 12.1 Å². The third kappa shape index (κ3) is 2.98. The summed E-state index contributed by atoms with van der Waals surface area (Å²) in [7, 11) is 0. The van der Waals surface area contributed by atoms with E-state index >= 15 is 0 Å². The predicted molar refractivity (Wildman–Crippen MR) is 92.4 cm³/mol. The average molecular weight is 322 g/mol. The van der Waals surface area contributed by atoms with E-state index in [1.807, 2.05) is 30.0 Å². The lowest BCUT2D eigenvalue weighted by molar-refractivity contribution is 0.0598. The molecule has 114 valence electrons. The summed E-state index contributed by atoms with van der Waals surface area (Å²) >= 11 is 3.74. The van der Waals surface area contributed by atoms with E-state index in [1.165, 1.54) is 25.7 Å². The second-order valence-electron chi connectivity index (χ2n) is 5.86. The number of thioether (sulfide) groups is 2. The summed E-state index contributed by atoms with van der Waals surface area (Å²) in [5, 5.41) is 0.742. The Balaban J connectivity index is 1.83. The standard InChI is InChI=1S/C17H23NOS2/c1-3-21-16-7-5-4-6-15(16)17(19)18-12-8-9-13(18)11-14(10-12)20-2/h4-7,12-14H,3,8-11H2,1-2H3/t12-,13-/m0/s1. The zero-order valence-electron chi connectivity index (χ0n) is 12.7. The van der Waals surface area contributed by atoms with Crippen molar-refractivity contribution >= 4 is 29.4 Å². The Morgan fingerprint density at radius 2 is 1.90 bits per heavy atom. The quantitative estimate of drug-likeness (QED) is 0.771. The Bertz CT molecular complexity index is 505. The van der Waals surface area contributed by atoms with Gasteiger partial charge in [-0.2, -0.15) is 11.8 Å². The number of hydrogen-bond acceptors (Lipinski definition) is 3. The van der Waals surface area contributed by atoms with Crippen LogP contribution < -0.4 is 0 Å².